The molecule has 0 saturated carbocycles. The van der Waals surface area contributed by atoms with E-state index in [9.17, 15) is 0 Å². The van der Waals surface area contributed by atoms with Crippen LogP contribution in [0.15, 0.2) is 12.1 Å². The SMILES string of the molecule is Cc1nc2ccc3nnsc3c2s1. The quantitative estimate of drug-likeness (QED) is 0.568. The predicted molar refractivity (Wildman–Crippen MR) is 55.3 cm³/mol. The first-order valence-corrected chi connectivity index (χ1v) is 5.42. The van der Waals surface area contributed by atoms with E-state index in [1.807, 2.05) is 19.1 Å². The van der Waals surface area contributed by atoms with Crippen molar-refractivity contribution in [2.24, 2.45) is 0 Å². The van der Waals surface area contributed by atoms with E-state index in [1.54, 1.807) is 11.3 Å². The van der Waals surface area contributed by atoms with Crippen molar-refractivity contribution in [2.45, 2.75) is 6.92 Å². The van der Waals surface area contributed by atoms with Crippen molar-refractivity contribution in [3.63, 3.8) is 0 Å². The Morgan fingerprint density at radius 1 is 1.15 bits per heavy atom. The number of nitrogens with zero attached hydrogens (tertiary/aromatic N) is 3. The fourth-order valence-corrected chi connectivity index (χ4v) is 3.03. The van der Waals surface area contributed by atoms with Crippen molar-refractivity contribution in [3.05, 3.63) is 17.1 Å². The zero-order valence-electron chi connectivity index (χ0n) is 6.81. The van der Waals surface area contributed by atoms with Crippen molar-refractivity contribution in [1.82, 2.24) is 14.6 Å². The van der Waals surface area contributed by atoms with Gasteiger partial charge in [-0.3, -0.25) is 0 Å². The largest absolute Gasteiger partial charge is 0.241 e. The molecule has 64 valence electrons. The van der Waals surface area contributed by atoms with Gasteiger partial charge < -0.3 is 0 Å². The summed E-state index contributed by atoms with van der Waals surface area (Å²) in [5.74, 6) is 0. The summed E-state index contributed by atoms with van der Waals surface area (Å²) < 4.78 is 6.30. The van der Waals surface area contributed by atoms with Crippen LogP contribution in [0.25, 0.3) is 20.4 Å². The Bertz CT molecular complexity index is 581. The van der Waals surface area contributed by atoms with Gasteiger partial charge in [0, 0.05) is 0 Å². The highest BCUT2D eigenvalue weighted by atomic mass is 32.1. The van der Waals surface area contributed by atoms with Gasteiger partial charge in [-0.1, -0.05) is 4.49 Å². The topological polar surface area (TPSA) is 38.7 Å². The maximum atomic E-state index is 4.41. The maximum absolute atomic E-state index is 4.41. The zero-order valence-corrected chi connectivity index (χ0v) is 8.45. The molecule has 0 radical (unpaired) electrons. The van der Waals surface area contributed by atoms with Gasteiger partial charge in [0.1, 0.15) is 5.52 Å². The van der Waals surface area contributed by atoms with Crippen LogP contribution in [0.3, 0.4) is 0 Å². The molecule has 2 heterocycles. The molecule has 0 atom stereocenters. The lowest BCUT2D eigenvalue weighted by Crippen LogP contribution is -1.69. The molecule has 0 amide bonds. The maximum Gasteiger partial charge on any atom is 0.107 e. The number of rotatable bonds is 0. The third-order valence-corrected chi connectivity index (χ3v) is 3.77. The average molecular weight is 207 g/mol. The highest BCUT2D eigenvalue weighted by molar-refractivity contribution is 7.24. The van der Waals surface area contributed by atoms with E-state index in [-0.39, 0.29) is 0 Å². The number of benzene rings is 1. The smallest absolute Gasteiger partial charge is 0.107 e. The van der Waals surface area contributed by atoms with E-state index in [0.717, 1.165) is 20.7 Å². The Morgan fingerprint density at radius 2 is 2.00 bits per heavy atom. The summed E-state index contributed by atoms with van der Waals surface area (Å²) >= 11 is 3.14. The molecule has 0 aliphatic heterocycles. The van der Waals surface area contributed by atoms with Crippen molar-refractivity contribution in [3.8, 4) is 0 Å². The van der Waals surface area contributed by atoms with Crippen molar-refractivity contribution < 1.29 is 0 Å². The molecule has 3 rings (SSSR count). The molecule has 2 aromatic heterocycles. The molecular weight excluding hydrogens is 202 g/mol. The van der Waals surface area contributed by atoms with Crippen LogP contribution in [0.1, 0.15) is 5.01 Å². The standard InChI is InChI=1S/C8H5N3S2/c1-4-9-5-2-3-6-8(7(5)12-4)13-11-10-6/h2-3H,1H3. The van der Waals surface area contributed by atoms with Gasteiger partial charge in [-0.05, 0) is 30.6 Å². The van der Waals surface area contributed by atoms with Gasteiger partial charge >= 0.3 is 0 Å². The van der Waals surface area contributed by atoms with Crippen LogP contribution in [-0.2, 0) is 0 Å². The zero-order chi connectivity index (χ0) is 8.84. The van der Waals surface area contributed by atoms with Gasteiger partial charge in [0.05, 0.1) is 19.9 Å². The molecule has 0 saturated heterocycles. The Morgan fingerprint density at radius 3 is 2.92 bits per heavy atom. The summed E-state index contributed by atoms with van der Waals surface area (Å²) in [6.07, 6.45) is 0. The summed E-state index contributed by atoms with van der Waals surface area (Å²) in [7, 11) is 0. The molecule has 0 unspecified atom stereocenters. The lowest BCUT2D eigenvalue weighted by molar-refractivity contribution is 1.20. The van der Waals surface area contributed by atoms with Crippen LogP contribution < -0.4 is 0 Å². The predicted octanol–water partition coefficient (Wildman–Crippen LogP) is 2.61. The average Bonchev–Trinajstić information content (AvgIpc) is 2.65. The first kappa shape index (κ1) is 7.34. The molecule has 0 bridgehead atoms. The summed E-state index contributed by atoms with van der Waals surface area (Å²) in [5, 5.41) is 5.12. The molecular formula is C8H5N3S2. The highest BCUT2D eigenvalue weighted by Gasteiger charge is 2.07. The number of aryl methyl sites for hydroxylation is 1. The van der Waals surface area contributed by atoms with E-state index in [1.165, 1.54) is 16.2 Å². The number of fused-ring (bicyclic) bond motifs is 3. The fraction of sp³-hybridized carbons (Fsp3) is 0.125. The minimum absolute atomic E-state index is 0.973. The van der Waals surface area contributed by atoms with Crippen LogP contribution >= 0.6 is 22.9 Å². The monoisotopic (exact) mass is 207 g/mol. The first-order chi connectivity index (χ1) is 6.34. The number of hydrogen-bond donors (Lipinski definition) is 0. The van der Waals surface area contributed by atoms with E-state index in [2.05, 4.69) is 14.6 Å². The van der Waals surface area contributed by atoms with Crippen molar-refractivity contribution in [1.29, 1.82) is 0 Å². The molecule has 3 aromatic rings. The molecule has 0 fully saturated rings. The highest BCUT2D eigenvalue weighted by Crippen LogP contribution is 2.30. The summed E-state index contributed by atoms with van der Waals surface area (Å²) in [5.41, 5.74) is 2.03. The molecule has 1 aromatic carbocycles. The van der Waals surface area contributed by atoms with Gasteiger partial charge in [-0.15, -0.1) is 16.4 Å². The molecule has 13 heavy (non-hydrogen) atoms. The third kappa shape index (κ3) is 0.973. The first-order valence-electron chi connectivity index (χ1n) is 3.83. The van der Waals surface area contributed by atoms with Gasteiger partial charge in [0.15, 0.2) is 0 Å². The third-order valence-electron chi connectivity index (χ3n) is 1.88. The summed E-state index contributed by atoms with van der Waals surface area (Å²) in [6.45, 7) is 2.02. The lowest BCUT2D eigenvalue weighted by atomic mass is 10.3. The Balaban J connectivity index is 2.64. The molecule has 0 spiro atoms. The van der Waals surface area contributed by atoms with E-state index in [4.69, 9.17) is 0 Å². The second-order valence-electron chi connectivity index (χ2n) is 2.77. The summed E-state index contributed by atoms with van der Waals surface area (Å²) in [4.78, 5) is 4.41. The summed E-state index contributed by atoms with van der Waals surface area (Å²) in [6, 6.07) is 3.98. The number of thiazole rings is 1. The van der Waals surface area contributed by atoms with Gasteiger partial charge in [-0.2, -0.15) is 0 Å². The molecule has 0 N–H and O–H groups in total. The molecule has 0 aliphatic carbocycles. The number of hydrogen-bond acceptors (Lipinski definition) is 5. The molecule has 3 nitrogen and oxygen atoms in total. The number of aromatic nitrogens is 3. The Labute approximate surface area is 82.2 Å². The normalized spacial score (nSPS) is 11.5. The second-order valence-corrected chi connectivity index (χ2v) is 4.73. The minimum atomic E-state index is 0.973. The van der Waals surface area contributed by atoms with Crippen molar-refractivity contribution >= 4 is 43.3 Å². The van der Waals surface area contributed by atoms with Crippen LogP contribution in [-0.4, -0.2) is 14.6 Å². The van der Waals surface area contributed by atoms with E-state index < -0.39 is 0 Å². The lowest BCUT2D eigenvalue weighted by Gasteiger charge is -1.85. The van der Waals surface area contributed by atoms with Gasteiger partial charge in [-0.25, -0.2) is 4.98 Å². The van der Waals surface area contributed by atoms with Gasteiger partial charge in [0.25, 0.3) is 0 Å². The molecule has 5 heteroatoms. The van der Waals surface area contributed by atoms with Crippen LogP contribution in [0.4, 0.5) is 0 Å². The fourth-order valence-electron chi connectivity index (χ4n) is 1.34. The van der Waals surface area contributed by atoms with E-state index >= 15 is 0 Å². The Hall–Kier alpha value is -1.07. The van der Waals surface area contributed by atoms with E-state index in [0.29, 0.717) is 0 Å². The van der Waals surface area contributed by atoms with Crippen LogP contribution in [0.2, 0.25) is 0 Å². The van der Waals surface area contributed by atoms with Crippen LogP contribution in [0, 0.1) is 6.92 Å². The molecule has 0 aliphatic rings. The van der Waals surface area contributed by atoms with Gasteiger partial charge in [0.2, 0.25) is 0 Å². The minimum Gasteiger partial charge on any atom is -0.241 e. The van der Waals surface area contributed by atoms with Crippen LogP contribution in [0.5, 0.6) is 0 Å². The second kappa shape index (κ2) is 2.46. The van der Waals surface area contributed by atoms with Crippen molar-refractivity contribution in [2.75, 3.05) is 0 Å². The Kier molecular flexibility index (Phi) is 1.39.